The molecule has 2 unspecified atom stereocenters. The highest BCUT2D eigenvalue weighted by atomic mass is 19.3. The summed E-state index contributed by atoms with van der Waals surface area (Å²) in [5.74, 6) is 0.172. The van der Waals surface area contributed by atoms with Crippen molar-refractivity contribution in [2.75, 3.05) is 31.1 Å². The minimum Gasteiger partial charge on any atom is -0.433 e. The van der Waals surface area contributed by atoms with E-state index in [1.165, 1.54) is 0 Å². The monoisotopic (exact) mass is 415 g/mol. The topological polar surface area (TPSA) is 44.8 Å². The lowest BCUT2D eigenvalue weighted by molar-refractivity contribution is -0.127. The minimum atomic E-state index is -2.86. The molecule has 2 aliphatic rings. The molecule has 0 saturated carbocycles. The zero-order valence-corrected chi connectivity index (χ0v) is 16.8. The molecule has 2 aliphatic heterocycles. The number of anilines is 1. The summed E-state index contributed by atoms with van der Waals surface area (Å²) < 4.78 is 30.1. The molecule has 0 spiro atoms. The Hall–Kier alpha value is -2.67. The van der Waals surface area contributed by atoms with E-state index >= 15 is 0 Å². The molecular formula is C23H27F2N3O2. The predicted molar refractivity (Wildman–Crippen MR) is 112 cm³/mol. The number of carbonyl (C=O) groups is 1. The molecule has 4 rings (SSSR count). The van der Waals surface area contributed by atoms with Crippen molar-refractivity contribution in [3.8, 4) is 5.75 Å². The first-order chi connectivity index (χ1) is 14.6. The molecule has 160 valence electrons. The van der Waals surface area contributed by atoms with E-state index < -0.39 is 6.61 Å². The van der Waals surface area contributed by atoms with Gasteiger partial charge in [-0.3, -0.25) is 9.69 Å². The van der Waals surface area contributed by atoms with Gasteiger partial charge in [0.1, 0.15) is 11.8 Å². The van der Waals surface area contributed by atoms with Gasteiger partial charge in [-0.2, -0.15) is 8.78 Å². The van der Waals surface area contributed by atoms with Gasteiger partial charge in [0.05, 0.1) is 5.69 Å². The van der Waals surface area contributed by atoms with Crippen LogP contribution in [0.15, 0.2) is 54.6 Å². The number of nitrogens with one attached hydrogen (secondary N) is 1. The summed E-state index contributed by atoms with van der Waals surface area (Å²) in [6.07, 6.45) is 2.97. The molecule has 2 atom stereocenters. The number of ether oxygens (including phenoxy) is 1. The van der Waals surface area contributed by atoms with E-state index in [-0.39, 0.29) is 23.7 Å². The van der Waals surface area contributed by atoms with Crippen LogP contribution in [0.4, 0.5) is 14.5 Å². The van der Waals surface area contributed by atoms with Crippen LogP contribution < -0.4 is 15.0 Å². The summed E-state index contributed by atoms with van der Waals surface area (Å²) in [6.45, 7) is 0.214. The van der Waals surface area contributed by atoms with Crippen molar-refractivity contribution in [3.63, 3.8) is 0 Å². The maximum Gasteiger partial charge on any atom is 0.387 e. The van der Waals surface area contributed by atoms with Crippen molar-refractivity contribution in [2.24, 2.45) is 0 Å². The van der Waals surface area contributed by atoms with Crippen LogP contribution in [-0.4, -0.2) is 49.6 Å². The summed E-state index contributed by atoms with van der Waals surface area (Å²) in [5, 5.41) is 3.20. The number of benzene rings is 2. The summed E-state index contributed by atoms with van der Waals surface area (Å²) in [6, 6.07) is 16.4. The minimum absolute atomic E-state index is 0.00654. The van der Waals surface area contributed by atoms with Crippen molar-refractivity contribution >= 4 is 11.6 Å². The fourth-order valence-corrected chi connectivity index (χ4v) is 4.45. The molecule has 2 fully saturated rings. The second-order valence-electron chi connectivity index (χ2n) is 7.84. The first kappa shape index (κ1) is 20.6. The smallest absolute Gasteiger partial charge is 0.387 e. The molecule has 1 amide bonds. The van der Waals surface area contributed by atoms with Crippen LogP contribution in [0.2, 0.25) is 0 Å². The number of alkyl halides is 2. The van der Waals surface area contributed by atoms with Crippen LogP contribution >= 0.6 is 0 Å². The maximum atomic E-state index is 13.2. The number of hydrogen-bond acceptors (Lipinski definition) is 4. The summed E-state index contributed by atoms with van der Waals surface area (Å²) in [7, 11) is 0. The highest BCUT2D eigenvalue weighted by molar-refractivity contribution is 5.83. The third kappa shape index (κ3) is 4.73. The van der Waals surface area contributed by atoms with Crippen LogP contribution in [-0.2, 0) is 4.79 Å². The van der Waals surface area contributed by atoms with E-state index in [1.54, 1.807) is 24.3 Å². The van der Waals surface area contributed by atoms with Gasteiger partial charge < -0.3 is 15.0 Å². The second kappa shape index (κ2) is 9.43. The van der Waals surface area contributed by atoms with Gasteiger partial charge in [-0.05, 0) is 50.0 Å². The van der Waals surface area contributed by atoms with E-state index in [9.17, 15) is 13.6 Å². The number of nitrogens with zero attached hydrogens (tertiary/aromatic N) is 2. The summed E-state index contributed by atoms with van der Waals surface area (Å²) in [4.78, 5) is 17.5. The lowest BCUT2D eigenvalue weighted by Gasteiger charge is -2.28. The van der Waals surface area contributed by atoms with Crippen molar-refractivity contribution in [1.82, 2.24) is 10.2 Å². The zero-order valence-electron chi connectivity index (χ0n) is 16.8. The number of halogens is 2. The first-order valence-electron chi connectivity index (χ1n) is 10.5. The molecule has 30 heavy (non-hydrogen) atoms. The molecule has 0 aromatic heterocycles. The third-order valence-electron chi connectivity index (χ3n) is 5.83. The average molecular weight is 415 g/mol. The Balaban J connectivity index is 1.44. The number of para-hydroxylation sites is 2. The van der Waals surface area contributed by atoms with Crippen molar-refractivity contribution < 1.29 is 18.3 Å². The van der Waals surface area contributed by atoms with Gasteiger partial charge in [-0.15, -0.1) is 0 Å². The van der Waals surface area contributed by atoms with Gasteiger partial charge in [-0.25, -0.2) is 0 Å². The van der Waals surface area contributed by atoms with Crippen LogP contribution in [0, 0.1) is 0 Å². The van der Waals surface area contributed by atoms with E-state index in [0.717, 1.165) is 37.9 Å². The molecule has 2 aromatic carbocycles. The summed E-state index contributed by atoms with van der Waals surface area (Å²) >= 11 is 0. The van der Waals surface area contributed by atoms with Crippen LogP contribution in [0.3, 0.4) is 0 Å². The fourth-order valence-electron chi connectivity index (χ4n) is 4.45. The number of hydrogen-bond donors (Lipinski definition) is 1. The van der Waals surface area contributed by atoms with E-state index in [4.69, 9.17) is 0 Å². The van der Waals surface area contributed by atoms with Crippen molar-refractivity contribution in [2.45, 2.75) is 38.0 Å². The van der Waals surface area contributed by atoms with Crippen molar-refractivity contribution in [1.29, 1.82) is 0 Å². The maximum absolute atomic E-state index is 13.2. The van der Waals surface area contributed by atoms with Gasteiger partial charge in [0.2, 0.25) is 5.91 Å². The molecule has 0 bridgehead atoms. The second-order valence-corrected chi connectivity index (χ2v) is 7.84. The number of rotatable bonds is 7. The molecule has 2 heterocycles. The molecule has 5 nitrogen and oxygen atoms in total. The van der Waals surface area contributed by atoms with E-state index in [1.807, 2.05) is 35.2 Å². The predicted octanol–water partition coefficient (Wildman–Crippen LogP) is 3.82. The quantitative estimate of drug-likeness (QED) is 0.747. The van der Waals surface area contributed by atoms with Crippen LogP contribution in [0.1, 0.15) is 30.9 Å². The average Bonchev–Trinajstić information content (AvgIpc) is 3.42. The molecule has 0 radical (unpaired) electrons. The van der Waals surface area contributed by atoms with Gasteiger partial charge >= 0.3 is 6.61 Å². The normalized spacial score (nSPS) is 20.5. The fraction of sp³-hybridized carbons (Fsp3) is 0.435. The van der Waals surface area contributed by atoms with Gasteiger partial charge in [0, 0.05) is 19.1 Å². The number of likely N-dealkylation sites (tertiary alicyclic amines) is 1. The summed E-state index contributed by atoms with van der Waals surface area (Å²) in [5.41, 5.74) is 1.64. The third-order valence-corrected chi connectivity index (χ3v) is 5.83. The molecule has 1 N–H and O–H groups in total. The molecule has 0 aliphatic carbocycles. The van der Waals surface area contributed by atoms with Crippen LogP contribution in [0.25, 0.3) is 0 Å². The number of amides is 1. The Labute approximate surface area is 175 Å². The Morgan fingerprint density at radius 3 is 2.43 bits per heavy atom. The Kier molecular flexibility index (Phi) is 6.47. The van der Waals surface area contributed by atoms with Gasteiger partial charge in [0.15, 0.2) is 0 Å². The lowest BCUT2D eigenvalue weighted by atomic mass is 10.0. The highest BCUT2D eigenvalue weighted by Gasteiger charge is 2.33. The lowest BCUT2D eigenvalue weighted by Crippen LogP contribution is -2.44. The molecule has 2 aromatic rings. The Bertz CT molecular complexity index is 843. The van der Waals surface area contributed by atoms with Gasteiger partial charge in [-0.1, -0.05) is 42.5 Å². The Morgan fingerprint density at radius 1 is 1.00 bits per heavy atom. The van der Waals surface area contributed by atoms with Gasteiger partial charge in [0.25, 0.3) is 0 Å². The Morgan fingerprint density at radius 2 is 1.70 bits per heavy atom. The zero-order chi connectivity index (χ0) is 20.9. The highest BCUT2D eigenvalue weighted by Crippen LogP contribution is 2.32. The van der Waals surface area contributed by atoms with Crippen molar-refractivity contribution in [3.05, 3.63) is 60.2 Å². The molecule has 7 heteroatoms. The molecular weight excluding hydrogens is 388 g/mol. The van der Waals surface area contributed by atoms with Crippen LogP contribution in [0.5, 0.6) is 5.75 Å². The SMILES string of the molecule is O=C(NC1CCN(c2ccccc2OC(F)F)C1)C(c1ccccc1)N1CCCC1. The standard InChI is InChI=1S/C23H27F2N3O2/c24-23(25)30-20-11-5-4-10-19(20)28-15-12-18(16-28)26-22(29)21(27-13-6-7-14-27)17-8-2-1-3-9-17/h1-5,8-11,18,21,23H,6-7,12-16H2,(H,26,29). The first-order valence-corrected chi connectivity index (χ1v) is 10.5. The molecule has 2 saturated heterocycles. The number of carbonyl (C=O) groups excluding carboxylic acids is 1. The van der Waals surface area contributed by atoms with E-state index in [0.29, 0.717) is 18.8 Å². The van der Waals surface area contributed by atoms with E-state index in [2.05, 4.69) is 15.0 Å². The largest absolute Gasteiger partial charge is 0.433 e.